The number of hydrogen-bond acceptors (Lipinski definition) is 7. The van der Waals surface area contributed by atoms with Gasteiger partial charge in [0.25, 0.3) is 0 Å². The number of thiol groups is 2. The van der Waals surface area contributed by atoms with Crippen molar-refractivity contribution in [3.8, 4) is 0 Å². The van der Waals surface area contributed by atoms with Gasteiger partial charge < -0.3 is 15.8 Å². The van der Waals surface area contributed by atoms with Gasteiger partial charge in [-0.15, -0.1) is 0 Å². The molecule has 34 heavy (non-hydrogen) atoms. The van der Waals surface area contributed by atoms with Gasteiger partial charge in [0.1, 0.15) is 5.82 Å². The number of rotatable bonds is 11. The number of methoxy groups -OCH3 is 1. The SMILES string of the molecule is COC(=O)C1C2CC[C@H](C2)C[C@H]1c1ccc(F)cc1.NCCCN(CCS)CC(=O)NCCS. The van der Waals surface area contributed by atoms with Crippen molar-refractivity contribution in [2.24, 2.45) is 23.5 Å². The fourth-order valence-corrected chi connectivity index (χ4v) is 5.61. The average molecular weight is 514 g/mol. The number of halogens is 1. The molecule has 2 fully saturated rings. The lowest BCUT2D eigenvalue weighted by atomic mass is 9.69. The summed E-state index contributed by atoms with van der Waals surface area (Å²) in [5.74, 6) is 2.46. The number of nitrogens with one attached hydrogen (secondary N) is 1. The van der Waals surface area contributed by atoms with Crippen molar-refractivity contribution in [1.29, 1.82) is 0 Å². The molecular formula is C25H40FN3O3S2. The molecule has 0 heterocycles. The molecule has 9 heteroatoms. The second-order valence-electron chi connectivity index (χ2n) is 9.10. The molecule has 0 aromatic heterocycles. The van der Waals surface area contributed by atoms with Crippen LogP contribution in [-0.2, 0) is 14.3 Å². The van der Waals surface area contributed by atoms with E-state index in [1.165, 1.54) is 25.7 Å². The molecule has 3 N–H and O–H groups in total. The zero-order valence-electron chi connectivity index (χ0n) is 20.1. The summed E-state index contributed by atoms with van der Waals surface area (Å²) in [5.41, 5.74) is 6.50. The van der Waals surface area contributed by atoms with E-state index in [1.807, 2.05) is 12.1 Å². The maximum Gasteiger partial charge on any atom is 0.309 e. The number of esters is 1. The van der Waals surface area contributed by atoms with Crippen molar-refractivity contribution < 1.29 is 18.7 Å². The average Bonchev–Trinajstić information content (AvgIpc) is 3.22. The minimum atomic E-state index is -0.225. The molecule has 1 amide bonds. The third-order valence-corrected chi connectivity index (χ3v) is 7.20. The van der Waals surface area contributed by atoms with Gasteiger partial charge in [-0.25, -0.2) is 4.39 Å². The van der Waals surface area contributed by atoms with Gasteiger partial charge in [-0.3, -0.25) is 14.5 Å². The Morgan fingerprint density at radius 1 is 1.15 bits per heavy atom. The predicted molar refractivity (Wildman–Crippen MR) is 141 cm³/mol. The van der Waals surface area contributed by atoms with E-state index in [4.69, 9.17) is 10.5 Å². The molecule has 0 radical (unpaired) electrons. The van der Waals surface area contributed by atoms with Crippen LogP contribution in [0.15, 0.2) is 24.3 Å². The Bertz CT molecular complexity index is 753. The van der Waals surface area contributed by atoms with Crippen molar-refractivity contribution in [1.82, 2.24) is 10.2 Å². The molecule has 2 aliphatic carbocycles. The maximum absolute atomic E-state index is 13.0. The third kappa shape index (κ3) is 9.06. The van der Waals surface area contributed by atoms with Gasteiger partial charge in [-0.1, -0.05) is 18.6 Å². The van der Waals surface area contributed by atoms with Crippen LogP contribution in [0, 0.1) is 23.6 Å². The van der Waals surface area contributed by atoms with E-state index in [1.54, 1.807) is 0 Å². The van der Waals surface area contributed by atoms with Gasteiger partial charge in [0.15, 0.2) is 0 Å². The standard InChI is InChI=1S/C16H19FO2.C9H21N3OS2/c1-19-16(18)15-12-3-2-10(8-12)9-14(15)11-4-6-13(17)7-5-11;10-2-1-4-12(5-7-15)8-9(13)11-3-6-14/h4-7,10,12,14-15H,2-3,8-9H2,1H3;14-15H,1-8,10H2,(H,11,13)/t10-,12?,14+,15?;/m1./s1. The Balaban J connectivity index is 0.000000249. The number of carbonyl (C=O) groups excluding carboxylic acids is 2. The van der Waals surface area contributed by atoms with E-state index in [-0.39, 0.29) is 29.5 Å². The predicted octanol–water partition coefficient (Wildman–Crippen LogP) is 3.13. The van der Waals surface area contributed by atoms with Crippen LogP contribution in [0.3, 0.4) is 0 Å². The van der Waals surface area contributed by atoms with Crippen LogP contribution in [0.4, 0.5) is 4.39 Å². The van der Waals surface area contributed by atoms with Gasteiger partial charge in [-0.2, -0.15) is 25.3 Å². The van der Waals surface area contributed by atoms with Crippen LogP contribution < -0.4 is 11.1 Å². The fraction of sp³-hybridized carbons (Fsp3) is 0.680. The lowest BCUT2D eigenvalue weighted by Gasteiger charge is -2.35. The minimum absolute atomic E-state index is 0.0443. The first-order valence-electron chi connectivity index (χ1n) is 12.2. The fourth-order valence-electron chi connectivity index (χ4n) is 5.21. The van der Waals surface area contributed by atoms with Crippen LogP contribution in [-0.4, -0.2) is 68.1 Å². The van der Waals surface area contributed by atoms with Crippen LogP contribution in [0.2, 0.25) is 0 Å². The summed E-state index contributed by atoms with van der Waals surface area (Å²) in [6, 6.07) is 6.61. The third-order valence-electron chi connectivity index (χ3n) is 6.78. The molecule has 192 valence electrons. The van der Waals surface area contributed by atoms with E-state index >= 15 is 0 Å². The van der Waals surface area contributed by atoms with E-state index < -0.39 is 0 Å². The highest BCUT2D eigenvalue weighted by Crippen LogP contribution is 2.52. The molecule has 4 atom stereocenters. The van der Waals surface area contributed by atoms with Gasteiger partial charge in [0.2, 0.25) is 5.91 Å². The molecule has 3 rings (SSSR count). The highest BCUT2D eigenvalue weighted by atomic mass is 32.1. The molecular weight excluding hydrogens is 473 g/mol. The number of hydrogen-bond donors (Lipinski definition) is 4. The second-order valence-corrected chi connectivity index (χ2v) is 9.99. The Labute approximate surface area is 214 Å². The highest BCUT2D eigenvalue weighted by Gasteiger charge is 2.46. The quantitative estimate of drug-likeness (QED) is 0.270. The molecule has 2 aliphatic rings. The summed E-state index contributed by atoms with van der Waals surface area (Å²) in [6.07, 6.45) is 5.44. The van der Waals surface area contributed by atoms with Crippen molar-refractivity contribution >= 4 is 37.1 Å². The van der Waals surface area contributed by atoms with Crippen LogP contribution in [0.25, 0.3) is 0 Å². The first kappa shape index (κ1) is 28.9. The Hall–Kier alpha value is -1.29. The second kappa shape index (κ2) is 15.7. The molecule has 2 unspecified atom stereocenters. The molecule has 1 aromatic carbocycles. The summed E-state index contributed by atoms with van der Waals surface area (Å²) in [6.45, 7) is 3.37. The van der Waals surface area contributed by atoms with Crippen LogP contribution in [0.5, 0.6) is 0 Å². The number of ether oxygens (including phenoxy) is 1. The molecule has 0 saturated heterocycles. The summed E-state index contributed by atoms with van der Waals surface area (Å²) in [5, 5.41) is 2.78. The van der Waals surface area contributed by atoms with E-state index in [0.29, 0.717) is 31.3 Å². The summed E-state index contributed by atoms with van der Waals surface area (Å²) < 4.78 is 18.1. The number of carbonyl (C=O) groups is 2. The van der Waals surface area contributed by atoms with Crippen molar-refractivity contribution in [3.63, 3.8) is 0 Å². The molecule has 6 nitrogen and oxygen atoms in total. The van der Waals surface area contributed by atoms with E-state index in [2.05, 4.69) is 35.5 Å². The monoisotopic (exact) mass is 513 g/mol. The number of nitrogens with zero attached hydrogens (tertiary/aromatic N) is 1. The van der Waals surface area contributed by atoms with Crippen molar-refractivity contribution in [2.45, 2.75) is 38.0 Å². The zero-order valence-corrected chi connectivity index (χ0v) is 21.9. The molecule has 2 saturated carbocycles. The minimum Gasteiger partial charge on any atom is -0.469 e. The number of fused-ring (bicyclic) bond motifs is 2. The molecule has 0 spiro atoms. The first-order chi connectivity index (χ1) is 16.4. The number of benzene rings is 1. The van der Waals surface area contributed by atoms with Crippen LogP contribution in [0.1, 0.15) is 43.6 Å². The molecule has 2 bridgehead atoms. The van der Waals surface area contributed by atoms with Gasteiger partial charge in [-0.05, 0) is 74.2 Å². The lowest BCUT2D eigenvalue weighted by molar-refractivity contribution is -0.149. The normalized spacial score (nSPS) is 23.2. The maximum atomic E-state index is 13.0. The first-order valence-corrected chi connectivity index (χ1v) is 13.4. The summed E-state index contributed by atoms with van der Waals surface area (Å²) >= 11 is 8.18. The lowest BCUT2D eigenvalue weighted by Crippen LogP contribution is -2.39. The van der Waals surface area contributed by atoms with E-state index in [9.17, 15) is 14.0 Å². The number of nitrogens with two attached hydrogens (primary N) is 1. The Morgan fingerprint density at radius 2 is 1.88 bits per heavy atom. The van der Waals surface area contributed by atoms with E-state index in [0.717, 1.165) is 56.0 Å². The molecule has 1 aromatic rings. The highest BCUT2D eigenvalue weighted by molar-refractivity contribution is 7.80. The largest absolute Gasteiger partial charge is 0.469 e. The summed E-state index contributed by atoms with van der Waals surface area (Å²) in [4.78, 5) is 25.6. The molecule has 0 aliphatic heterocycles. The smallest absolute Gasteiger partial charge is 0.309 e. The van der Waals surface area contributed by atoms with Gasteiger partial charge in [0, 0.05) is 24.6 Å². The van der Waals surface area contributed by atoms with Crippen molar-refractivity contribution in [2.75, 3.05) is 51.3 Å². The number of amides is 1. The topological polar surface area (TPSA) is 84.7 Å². The summed E-state index contributed by atoms with van der Waals surface area (Å²) in [7, 11) is 1.46. The van der Waals surface area contributed by atoms with Crippen molar-refractivity contribution in [3.05, 3.63) is 35.6 Å². The Morgan fingerprint density at radius 3 is 2.50 bits per heavy atom. The zero-order chi connectivity index (χ0) is 24.9. The van der Waals surface area contributed by atoms with Gasteiger partial charge >= 0.3 is 5.97 Å². The van der Waals surface area contributed by atoms with Crippen LogP contribution >= 0.6 is 25.3 Å². The Kier molecular flexibility index (Phi) is 13.3. The van der Waals surface area contributed by atoms with Gasteiger partial charge in [0.05, 0.1) is 19.6 Å².